The van der Waals surface area contributed by atoms with Gasteiger partial charge in [-0.3, -0.25) is 10.2 Å². The molecule has 5 rings (SSSR count). The number of nitrogens with one attached hydrogen (secondary N) is 1. The zero-order valence-corrected chi connectivity index (χ0v) is 22.4. The van der Waals surface area contributed by atoms with Crippen molar-refractivity contribution in [3.63, 3.8) is 0 Å². The minimum absolute atomic E-state index is 0.00318. The van der Waals surface area contributed by atoms with Crippen LogP contribution in [0, 0.1) is 11.6 Å². The standard InChI is InChI=1S/C25H25ClF2N4O5S/c1-25(2,3)37-23(33)30-22-29-19-14(4-5-16(27)21(19)38-22)17-15(26)8-12-9-31-6-7-32(24(34)35)10-13(31)11-36-20(12)18(17)28/h4-5,8,13H,6-7,9-11H2,1-3H3,(H,34,35)(H,29,30,33)/t13-/m0/s1. The summed E-state index contributed by atoms with van der Waals surface area (Å²) in [6.07, 6.45) is -1.76. The highest BCUT2D eigenvalue weighted by Crippen LogP contribution is 2.44. The first-order valence-corrected chi connectivity index (χ1v) is 13.1. The molecule has 9 nitrogen and oxygen atoms in total. The summed E-state index contributed by atoms with van der Waals surface area (Å²) in [5, 5.41) is 12.0. The van der Waals surface area contributed by atoms with Gasteiger partial charge in [0.2, 0.25) is 0 Å². The zero-order chi connectivity index (χ0) is 27.4. The van der Waals surface area contributed by atoms with E-state index in [9.17, 15) is 19.1 Å². The van der Waals surface area contributed by atoms with Crippen molar-refractivity contribution in [1.82, 2.24) is 14.8 Å². The van der Waals surface area contributed by atoms with Gasteiger partial charge in [-0.25, -0.2) is 23.4 Å². The van der Waals surface area contributed by atoms with Crippen molar-refractivity contribution in [1.29, 1.82) is 0 Å². The maximum absolute atomic E-state index is 16.1. The molecule has 0 saturated carbocycles. The Kier molecular flexibility index (Phi) is 6.82. The van der Waals surface area contributed by atoms with Crippen LogP contribution in [-0.2, 0) is 11.3 Å². The van der Waals surface area contributed by atoms with E-state index in [0.717, 1.165) is 11.3 Å². The van der Waals surface area contributed by atoms with Crippen LogP contribution >= 0.6 is 22.9 Å². The summed E-state index contributed by atoms with van der Waals surface area (Å²) >= 11 is 7.48. The Hall–Kier alpha value is -3.22. The number of carbonyl (C=O) groups is 2. The molecule has 0 radical (unpaired) electrons. The molecule has 2 aromatic carbocycles. The minimum atomic E-state index is -1.01. The van der Waals surface area contributed by atoms with Gasteiger partial charge < -0.3 is 19.5 Å². The molecule has 3 aromatic rings. The third-order valence-electron chi connectivity index (χ3n) is 6.29. The van der Waals surface area contributed by atoms with Crippen molar-refractivity contribution in [2.24, 2.45) is 0 Å². The number of anilines is 1. The van der Waals surface area contributed by atoms with Gasteiger partial charge in [0.25, 0.3) is 0 Å². The Balaban J connectivity index is 1.51. The van der Waals surface area contributed by atoms with Crippen LogP contribution in [0.15, 0.2) is 18.2 Å². The van der Waals surface area contributed by atoms with E-state index in [1.165, 1.54) is 17.0 Å². The number of ether oxygens (including phenoxy) is 2. The monoisotopic (exact) mass is 566 g/mol. The van der Waals surface area contributed by atoms with Crippen molar-refractivity contribution in [2.75, 3.05) is 31.6 Å². The number of benzene rings is 2. The summed E-state index contributed by atoms with van der Waals surface area (Å²) in [6, 6.07) is 3.95. The predicted molar refractivity (Wildman–Crippen MR) is 139 cm³/mol. The number of nitrogens with zero attached hydrogens (tertiary/aromatic N) is 3. The second-order valence-corrected chi connectivity index (χ2v) is 11.5. The lowest BCUT2D eigenvalue weighted by Gasteiger charge is -2.38. The number of aromatic nitrogens is 1. The van der Waals surface area contributed by atoms with Crippen LogP contribution in [0.5, 0.6) is 5.75 Å². The molecule has 2 amide bonds. The summed E-state index contributed by atoms with van der Waals surface area (Å²) in [5.41, 5.74) is 0.158. The van der Waals surface area contributed by atoms with Crippen LogP contribution in [0.25, 0.3) is 21.3 Å². The van der Waals surface area contributed by atoms with Gasteiger partial charge in [-0.05, 0) is 39.0 Å². The molecule has 0 bridgehead atoms. The maximum Gasteiger partial charge on any atom is 0.413 e. The van der Waals surface area contributed by atoms with Crippen LogP contribution < -0.4 is 10.1 Å². The Morgan fingerprint density at radius 1 is 1.29 bits per heavy atom. The number of hydrogen-bond acceptors (Lipinski definition) is 7. The number of thiazole rings is 1. The molecule has 1 fully saturated rings. The minimum Gasteiger partial charge on any atom is -0.488 e. The quantitative estimate of drug-likeness (QED) is 0.404. The highest BCUT2D eigenvalue weighted by atomic mass is 35.5. The van der Waals surface area contributed by atoms with Crippen molar-refractivity contribution in [2.45, 2.75) is 39.0 Å². The van der Waals surface area contributed by atoms with E-state index < -0.39 is 29.4 Å². The van der Waals surface area contributed by atoms with Gasteiger partial charge in [-0.1, -0.05) is 22.9 Å². The van der Waals surface area contributed by atoms with Gasteiger partial charge >= 0.3 is 12.2 Å². The normalized spacial score (nSPS) is 17.8. The Morgan fingerprint density at radius 3 is 2.76 bits per heavy atom. The maximum atomic E-state index is 16.1. The van der Waals surface area contributed by atoms with E-state index in [1.807, 2.05) is 4.90 Å². The number of carboxylic acid groups (broad SMARTS) is 1. The molecular weight excluding hydrogens is 542 g/mol. The van der Waals surface area contributed by atoms with Crippen molar-refractivity contribution < 1.29 is 33.0 Å². The molecule has 0 spiro atoms. The van der Waals surface area contributed by atoms with Gasteiger partial charge in [0.05, 0.1) is 21.3 Å². The van der Waals surface area contributed by atoms with Crippen molar-refractivity contribution >= 4 is 50.5 Å². The van der Waals surface area contributed by atoms with Crippen LogP contribution in [0.4, 0.5) is 23.5 Å². The molecule has 1 atom stereocenters. The van der Waals surface area contributed by atoms with Crippen LogP contribution in [-0.4, -0.2) is 70.0 Å². The number of carbonyl (C=O) groups excluding carboxylic acids is 1. The Labute approximate surface area is 225 Å². The topological polar surface area (TPSA) is 104 Å². The first-order valence-electron chi connectivity index (χ1n) is 11.9. The molecule has 1 aromatic heterocycles. The van der Waals surface area contributed by atoms with Crippen LogP contribution in [0.2, 0.25) is 5.02 Å². The average molecular weight is 567 g/mol. The van der Waals surface area contributed by atoms with E-state index in [2.05, 4.69) is 10.3 Å². The van der Waals surface area contributed by atoms with Crippen molar-refractivity contribution in [3.05, 3.63) is 40.4 Å². The molecule has 3 heterocycles. The molecule has 13 heteroatoms. The lowest BCUT2D eigenvalue weighted by molar-refractivity contribution is 0.0499. The van der Waals surface area contributed by atoms with Gasteiger partial charge in [0, 0.05) is 42.9 Å². The molecule has 38 heavy (non-hydrogen) atoms. The van der Waals surface area contributed by atoms with E-state index in [4.69, 9.17) is 21.1 Å². The number of piperazine rings is 1. The van der Waals surface area contributed by atoms with E-state index >= 15 is 4.39 Å². The number of hydrogen-bond donors (Lipinski definition) is 2. The first kappa shape index (κ1) is 26.4. The van der Waals surface area contributed by atoms with Crippen LogP contribution in [0.3, 0.4) is 0 Å². The number of rotatable bonds is 2. The SMILES string of the molecule is CC(C)(C)OC(=O)Nc1nc2c(-c3c(Cl)cc4c(c3F)OC[C@@H]3CN(C(=O)O)CCN3C4)ccc(F)c2s1. The molecule has 202 valence electrons. The summed E-state index contributed by atoms with van der Waals surface area (Å²) in [6.45, 7) is 6.62. The van der Waals surface area contributed by atoms with Gasteiger partial charge in [0.15, 0.2) is 16.7 Å². The molecule has 2 aliphatic rings. The summed E-state index contributed by atoms with van der Waals surface area (Å²) < 4.78 is 42.0. The fourth-order valence-electron chi connectivity index (χ4n) is 4.62. The fourth-order valence-corrected chi connectivity index (χ4v) is 5.82. The van der Waals surface area contributed by atoms with Crippen LogP contribution in [0.1, 0.15) is 26.3 Å². The largest absolute Gasteiger partial charge is 0.488 e. The smallest absolute Gasteiger partial charge is 0.413 e. The molecule has 0 unspecified atom stereocenters. The van der Waals surface area contributed by atoms with E-state index in [-0.39, 0.29) is 56.4 Å². The molecule has 2 aliphatic heterocycles. The molecule has 2 N–H and O–H groups in total. The highest BCUT2D eigenvalue weighted by molar-refractivity contribution is 7.22. The predicted octanol–water partition coefficient (Wildman–Crippen LogP) is 5.80. The number of halogens is 3. The third-order valence-corrected chi connectivity index (χ3v) is 7.57. The first-order chi connectivity index (χ1) is 17.9. The zero-order valence-electron chi connectivity index (χ0n) is 20.8. The van der Waals surface area contributed by atoms with E-state index in [0.29, 0.717) is 25.2 Å². The number of amides is 2. The van der Waals surface area contributed by atoms with Gasteiger partial charge in [-0.2, -0.15) is 0 Å². The summed E-state index contributed by atoms with van der Waals surface area (Å²) in [4.78, 5) is 31.3. The highest BCUT2D eigenvalue weighted by Gasteiger charge is 2.34. The average Bonchev–Trinajstić information content (AvgIpc) is 3.14. The summed E-state index contributed by atoms with van der Waals surface area (Å²) in [7, 11) is 0. The molecule has 1 saturated heterocycles. The lowest BCUT2D eigenvalue weighted by atomic mass is 10.00. The molecule has 0 aliphatic carbocycles. The second-order valence-electron chi connectivity index (χ2n) is 10.1. The summed E-state index contributed by atoms with van der Waals surface area (Å²) in [5.74, 6) is -1.29. The van der Waals surface area contributed by atoms with Gasteiger partial charge in [0.1, 0.15) is 18.0 Å². The Bertz CT molecular complexity index is 1440. The second kappa shape index (κ2) is 9.83. The van der Waals surface area contributed by atoms with E-state index in [1.54, 1.807) is 26.8 Å². The third kappa shape index (κ3) is 5.07. The van der Waals surface area contributed by atoms with Crippen molar-refractivity contribution in [3.8, 4) is 16.9 Å². The Morgan fingerprint density at radius 2 is 2.05 bits per heavy atom. The fraction of sp³-hybridized carbons (Fsp3) is 0.400. The van der Waals surface area contributed by atoms with Gasteiger partial charge in [-0.15, -0.1) is 0 Å². The number of fused-ring (bicyclic) bond motifs is 3. The lowest BCUT2D eigenvalue weighted by Crippen LogP contribution is -2.55. The molecular formula is C25H25ClF2N4O5S.